The molecule has 0 saturated heterocycles. The normalized spacial score (nSPS) is 10.2. The first-order valence-corrected chi connectivity index (χ1v) is 5.11. The number of nitrogens with zero attached hydrogens (tertiary/aromatic N) is 6. The molecular formula is C10H8N8. The SMILES string of the molecule is c1ncc2cn[nH]c2n1.c1ncc2cn[nH]c2n1. The van der Waals surface area contributed by atoms with E-state index >= 15 is 0 Å². The first-order chi connectivity index (χ1) is 8.93. The molecule has 8 heteroatoms. The van der Waals surface area contributed by atoms with Crippen LogP contribution in [0, 0.1) is 0 Å². The summed E-state index contributed by atoms with van der Waals surface area (Å²) in [5.74, 6) is 0. The Balaban J connectivity index is 0.000000111. The van der Waals surface area contributed by atoms with E-state index in [1.807, 2.05) is 0 Å². The van der Waals surface area contributed by atoms with Crippen molar-refractivity contribution in [2.24, 2.45) is 0 Å². The van der Waals surface area contributed by atoms with Gasteiger partial charge in [-0.1, -0.05) is 0 Å². The van der Waals surface area contributed by atoms with Gasteiger partial charge in [-0.25, -0.2) is 19.9 Å². The van der Waals surface area contributed by atoms with E-state index in [9.17, 15) is 0 Å². The second-order valence-electron chi connectivity index (χ2n) is 3.39. The number of hydrogen-bond acceptors (Lipinski definition) is 6. The number of rotatable bonds is 0. The van der Waals surface area contributed by atoms with Crippen LogP contribution >= 0.6 is 0 Å². The van der Waals surface area contributed by atoms with Gasteiger partial charge in [0.2, 0.25) is 0 Å². The molecule has 4 aromatic rings. The highest BCUT2D eigenvalue weighted by Crippen LogP contribution is 2.01. The minimum atomic E-state index is 0.782. The number of H-pyrrole nitrogens is 2. The molecule has 0 atom stereocenters. The van der Waals surface area contributed by atoms with Gasteiger partial charge in [0.1, 0.15) is 12.7 Å². The molecule has 0 aliphatic carbocycles. The number of nitrogens with one attached hydrogen (secondary N) is 2. The van der Waals surface area contributed by atoms with Gasteiger partial charge in [-0.15, -0.1) is 0 Å². The molecule has 88 valence electrons. The van der Waals surface area contributed by atoms with Crippen LogP contribution in [0.5, 0.6) is 0 Å². The second-order valence-corrected chi connectivity index (χ2v) is 3.39. The van der Waals surface area contributed by atoms with Crippen molar-refractivity contribution in [2.75, 3.05) is 0 Å². The molecule has 2 N–H and O–H groups in total. The fourth-order valence-electron chi connectivity index (χ4n) is 1.38. The van der Waals surface area contributed by atoms with E-state index < -0.39 is 0 Å². The molecule has 4 aromatic heterocycles. The zero-order valence-corrected chi connectivity index (χ0v) is 9.15. The Morgan fingerprint density at radius 1 is 0.667 bits per heavy atom. The summed E-state index contributed by atoms with van der Waals surface area (Å²) < 4.78 is 0. The molecule has 0 aliphatic rings. The van der Waals surface area contributed by atoms with Gasteiger partial charge in [-0.05, 0) is 0 Å². The summed E-state index contributed by atoms with van der Waals surface area (Å²) in [6.07, 6.45) is 9.78. The van der Waals surface area contributed by atoms with Crippen LogP contribution < -0.4 is 0 Å². The maximum atomic E-state index is 3.91. The lowest BCUT2D eigenvalue weighted by Crippen LogP contribution is -1.75. The molecule has 4 rings (SSSR count). The molecule has 0 aliphatic heterocycles. The topological polar surface area (TPSA) is 109 Å². The van der Waals surface area contributed by atoms with Crippen molar-refractivity contribution in [3.05, 3.63) is 37.4 Å². The predicted octanol–water partition coefficient (Wildman–Crippen LogP) is 0.706. The Morgan fingerprint density at radius 2 is 1.17 bits per heavy atom. The quantitative estimate of drug-likeness (QED) is 0.468. The molecule has 0 aromatic carbocycles. The van der Waals surface area contributed by atoms with Crippen molar-refractivity contribution in [1.82, 2.24) is 40.3 Å². The van der Waals surface area contributed by atoms with E-state index in [0.717, 1.165) is 22.1 Å². The van der Waals surface area contributed by atoms with Crippen molar-refractivity contribution in [3.63, 3.8) is 0 Å². The summed E-state index contributed by atoms with van der Waals surface area (Å²) in [6, 6.07) is 0. The zero-order valence-electron chi connectivity index (χ0n) is 9.15. The number of fused-ring (bicyclic) bond motifs is 2. The Morgan fingerprint density at radius 3 is 1.61 bits per heavy atom. The van der Waals surface area contributed by atoms with E-state index in [4.69, 9.17) is 0 Å². The van der Waals surface area contributed by atoms with Gasteiger partial charge in [0.25, 0.3) is 0 Å². The van der Waals surface area contributed by atoms with Crippen LogP contribution in [-0.4, -0.2) is 40.3 Å². The van der Waals surface area contributed by atoms with Gasteiger partial charge in [-0.2, -0.15) is 10.2 Å². The molecule has 0 spiro atoms. The molecule has 0 bridgehead atoms. The second kappa shape index (κ2) is 4.53. The first kappa shape index (κ1) is 10.3. The van der Waals surface area contributed by atoms with Gasteiger partial charge in [-0.3, -0.25) is 10.2 Å². The Bertz CT molecular complexity index is 632. The van der Waals surface area contributed by atoms with Crippen molar-refractivity contribution >= 4 is 22.1 Å². The smallest absolute Gasteiger partial charge is 0.158 e. The lowest BCUT2D eigenvalue weighted by molar-refractivity contribution is 1.09. The molecule has 4 heterocycles. The van der Waals surface area contributed by atoms with E-state index in [1.165, 1.54) is 12.7 Å². The van der Waals surface area contributed by atoms with Crippen LogP contribution in [0.1, 0.15) is 0 Å². The standard InChI is InChI=1S/2C5H4N4/c2*1-4-2-8-9-5(4)7-3-6-1/h2*1-3H,(H,6,7,8,9). The predicted molar refractivity (Wildman–Crippen MR) is 63.4 cm³/mol. The van der Waals surface area contributed by atoms with Gasteiger partial charge in [0.15, 0.2) is 11.3 Å². The van der Waals surface area contributed by atoms with Gasteiger partial charge >= 0.3 is 0 Å². The monoisotopic (exact) mass is 240 g/mol. The van der Waals surface area contributed by atoms with Crippen molar-refractivity contribution < 1.29 is 0 Å². The third kappa shape index (κ3) is 1.98. The molecule has 0 saturated carbocycles. The highest BCUT2D eigenvalue weighted by atomic mass is 15.1. The van der Waals surface area contributed by atoms with Gasteiger partial charge in [0, 0.05) is 12.4 Å². The Labute approximate surface area is 101 Å². The molecule has 8 nitrogen and oxygen atoms in total. The lowest BCUT2D eigenvalue weighted by Gasteiger charge is -1.80. The van der Waals surface area contributed by atoms with Gasteiger partial charge in [0.05, 0.1) is 23.2 Å². The van der Waals surface area contributed by atoms with Crippen LogP contribution in [0.15, 0.2) is 37.4 Å². The summed E-state index contributed by atoms with van der Waals surface area (Å²) in [5.41, 5.74) is 1.56. The fourth-order valence-corrected chi connectivity index (χ4v) is 1.38. The summed E-state index contributed by atoms with van der Waals surface area (Å²) >= 11 is 0. The fraction of sp³-hybridized carbons (Fsp3) is 0. The van der Waals surface area contributed by atoms with Crippen molar-refractivity contribution in [1.29, 1.82) is 0 Å². The van der Waals surface area contributed by atoms with E-state index in [2.05, 4.69) is 40.3 Å². The van der Waals surface area contributed by atoms with Crippen LogP contribution in [0.25, 0.3) is 22.1 Å². The average molecular weight is 240 g/mol. The Hall–Kier alpha value is -2.90. The third-order valence-corrected chi connectivity index (χ3v) is 2.23. The highest BCUT2D eigenvalue weighted by molar-refractivity contribution is 5.72. The highest BCUT2D eigenvalue weighted by Gasteiger charge is 1.91. The molecule has 0 fully saturated rings. The van der Waals surface area contributed by atoms with Gasteiger partial charge < -0.3 is 0 Å². The first-order valence-electron chi connectivity index (χ1n) is 5.11. The zero-order chi connectivity index (χ0) is 12.2. The van der Waals surface area contributed by atoms with E-state index in [-0.39, 0.29) is 0 Å². The summed E-state index contributed by atoms with van der Waals surface area (Å²) in [7, 11) is 0. The number of aromatic amines is 2. The van der Waals surface area contributed by atoms with Crippen molar-refractivity contribution in [2.45, 2.75) is 0 Å². The van der Waals surface area contributed by atoms with Crippen LogP contribution in [-0.2, 0) is 0 Å². The van der Waals surface area contributed by atoms with E-state index in [1.54, 1.807) is 24.8 Å². The minimum Gasteiger partial charge on any atom is -0.261 e. The molecular weight excluding hydrogens is 232 g/mol. The van der Waals surface area contributed by atoms with Crippen LogP contribution in [0.4, 0.5) is 0 Å². The molecule has 18 heavy (non-hydrogen) atoms. The Kier molecular flexibility index (Phi) is 2.59. The number of hydrogen-bond donors (Lipinski definition) is 2. The summed E-state index contributed by atoms with van der Waals surface area (Å²) in [6.45, 7) is 0. The van der Waals surface area contributed by atoms with E-state index in [0.29, 0.717) is 0 Å². The molecule has 0 amide bonds. The lowest BCUT2D eigenvalue weighted by atomic mass is 10.5. The average Bonchev–Trinajstić information content (AvgIpc) is 3.08. The third-order valence-electron chi connectivity index (χ3n) is 2.23. The maximum Gasteiger partial charge on any atom is 0.158 e. The summed E-state index contributed by atoms with van der Waals surface area (Å²) in [4.78, 5) is 15.5. The van der Waals surface area contributed by atoms with Crippen LogP contribution in [0.2, 0.25) is 0 Å². The molecule has 0 unspecified atom stereocenters. The number of aromatic nitrogens is 8. The summed E-state index contributed by atoms with van der Waals surface area (Å²) in [5, 5.41) is 14.9. The maximum absolute atomic E-state index is 3.91. The van der Waals surface area contributed by atoms with Crippen molar-refractivity contribution in [3.8, 4) is 0 Å². The molecule has 0 radical (unpaired) electrons. The largest absolute Gasteiger partial charge is 0.261 e. The van der Waals surface area contributed by atoms with Crippen LogP contribution in [0.3, 0.4) is 0 Å². The minimum absolute atomic E-state index is 0.782.